The number of hydrogen-bond acceptors (Lipinski definition) is 5. The maximum Gasteiger partial charge on any atom is 0.289 e. The first-order chi connectivity index (χ1) is 8.29. The van der Waals surface area contributed by atoms with Crippen molar-refractivity contribution >= 4 is 15.7 Å². The van der Waals surface area contributed by atoms with Gasteiger partial charge in [0, 0.05) is 19.2 Å². The second-order valence-corrected chi connectivity index (χ2v) is 5.58. The Bertz CT molecular complexity index is 569. The van der Waals surface area contributed by atoms with Crippen molar-refractivity contribution in [3.8, 4) is 0 Å². The second-order valence-electron chi connectivity index (χ2n) is 3.85. The zero-order valence-corrected chi connectivity index (χ0v) is 11.0. The van der Waals surface area contributed by atoms with E-state index in [2.05, 4.69) is 4.72 Å². The molecule has 0 saturated carbocycles. The summed E-state index contributed by atoms with van der Waals surface area (Å²) in [6, 6.07) is 2.55. The van der Waals surface area contributed by atoms with E-state index in [1.807, 2.05) is 0 Å². The number of sulfonamides is 1. The van der Waals surface area contributed by atoms with E-state index in [9.17, 15) is 18.5 Å². The minimum Gasteiger partial charge on any atom is -0.329 e. The van der Waals surface area contributed by atoms with Crippen LogP contribution in [0, 0.1) is 24.0 Å². The molecule has 0 amide bonds. The Hall–Kier alpha value is -1.51. The molecule has 3 N–H and O–H groups in total. The van der Waals surface area contributed by atoms with Crippen LogP contribution >= 0.6 is 0 Å². The van der Waals surface area contributed by atoms with E-state index in [1.54, 1.807) is 13.8 Å². The first-order valence-electron chi connectivity index (χ1n) is 5.25. The smallest absolute Gasteiger partial charge is 0.289 e. The molecular formula is C10H15N3O4S. The van der Waals surface area contributed by atoms with Crippen LogP contribution in [0.5, 0.6) is 0 Å². The fraction of sp³-hybridized carbons (Fsp3) is 0.400. The molecule has 0 spiro atoms. The molecule has 0 fully saturated rings. The fourth-order valence-electron chi connectivity index (χ4n) is 1.40. The Morgan fingerprint density at radius 3 is 2.39 bits per heavy atom. The van der Waals surface area contributed by atoms with E-state index >= 15 is 0 Å². The van der Waals surface area contributed by atoms with Gasteiger partial charge in [0.2, 0.25) is 10.0 Å². The number of nitrogens with two attached hydrogens (primary N) is 1. The molecule has 0 bridgehead atoms. The molecule has 1 aromatic rings. The van der Waals surface area contributed by atoms with Crippen molar-refractivity contribution in [1.29, 1.82) is 0 Å². The summed E-state index contributed by atoms with van der Waals surface area (Å²) < 4.78 is 26.0. The summed E-state index contributed by atoms with van der Waals surface area (Å²) in [6.45, 7) is 3.54. The summed E-state index contributed by atoms with van der Waals surface area (Å²) >= 11 is 0. The van der Waals surface area contributed by atoms with Gasteiger partial charge in [0.25, 0.3) is 5.69 Å². The predicted octanol–water partition coefficient (Wildman–Crippen LogP) is 0.449. The Labute approximate surface area is 105 Å². The number of nitrogens with zero attached hydrogens (tertiary/aromatic N) is 1. The first-order valence-corrected chi connectivity index (χ1v) is 6.73. The van der Waals surface area contributed by atoms with Gasteiger partial charge in [-0.3, -0.25) is 10.1 Å². The SMILES string of the molecule is Cc1cc([N+](=O)[O-])c(S(=O)(=O)NCCN)cc1C. The maximum absolute atomic E-state index is 11.9. The lowest BCUT2D eigenvalue weighted by Crippen LogP contribution is -2.29. The lowest BCUT2D eigenvalue weighted by molar-refractivity contribution is -0.387. The summed E-state index contributed by atoms with van der Waals surface area (Å²) in [7, 11) is -3.91. The van der Waals surface area contributed by atoms with Crippen molar-refractivity contribution in [1.82, 2.24) is 4.72 Å². The van der Waals surface area contributed by atoms with Crippen molar-refractivity contribution in [2.75, 3.05) is 13.1 Å². The zero-order valence-electron chi connectivity index (χ0n) is 10.1. The summed E-state index contributed by atoms with van der Waals surface area (Å²) in [5.74, 6) is 0. The quantitative estimate of drug-likeness (QED) is 0.597. The number of aryl methyl sites for hydroxylation is 2. The number of rotatable bonds is 5. The zero-order chi connectivity index (χ0) is 13.9. The Morgan fingerprint density at radius 1 is 1.33 bits per heavy atom. The molecule has 8 heteroatoms. The molecule has 100 valence electrons. The van der Waals surface area contributed by atoms with Crippen LogP contribution in [-0.2, 0) is 10.0 Å². The average molecular weight is 273 g/mol. The molecule has 18 heavy (non-hydrogen) atoms. The van der Waals surface area contributed by atoms with Crippen LogP contribution in [0.4, 0.5) is 5.69 Å². The van der Waals surface area contributed by atoms with Gasteiger partial charge < -0.3 is 5.73 Å². The van der Waals surface area contributed by atoms with Crippen molar-refractivity contribution < 1.29 is 13.3 Å². The molecule has 0 heterocycles. The molecule has 1 rings (SSSR count). The van der Waals surface area contributed by atoms with Crippen molar-refractivity contribution in [3.05, 3.63) is 33.4 Å². The minimum atomic E-state index is -3.91. The number of nitrogens with one attached hydrogen (secondary N) is 1. The van der Waals surface area contributed by atoms with Crippen LogP contribution in [0.3, 0.4) is 0 Å². The van der Waals surface area contributed by atoms with Crippen molar-refractivity contribution in [2.24, 2.45) is 5.73 Å². The standard InChI is InChI=1S/C10H15N3O4S/c1-7-5-9(13(14)15)10(6-8(7)2)18(16,17)12-4-3-11/h5-6,12H,3-4,11H2,1-2H3. The topological polar surface area (TPSA) is 115 Å². The Kier molecular flexibility index (Phi) is 4.38. The average Bonchev–Trinajstić information content (AvgIpc) is 2.29. The van der Waals surface area contributed by atoms with Gasteiger partial charge in [-0.2, -0.15) is 0 Å². The van der Waals surface area contributed by atoms with Crippen LogP contribution in [-0.4, -0.2) is 26.4 Å². The highest BCUT2D eigenvalue weighted by Crippen LogP contribution is 2.26. The summed E-state index contributed by atoms with van der Waals surface area (Å²) in [6.07, 6.45) is 0. The fourth-order valence-corrected chi connectivity index (χ4v) is 2.69. The van der Waals surface area contributed by atoms with Crippen molar-refractivity contribution in [2.45, 2.75) is 18.7 Å². The highest BCUT2D eigenvalue weighted by Gasteiger charge is 2.26. The van der Waals surface area contributed by atoms with Crippen LogP contribution in [0.2, 0.25) is 0 Å². The van der Waals surface area contributed by atoms with Gasteiger partial charge in [-0.15, -0.1) is 0 Å². The van der Waals surface area contributed by atoms with Gasteiger partial charge in [0.1, 0.15) is 0 Å². The van der Waals surface area contributed by atoms with Gasteiger partial charge in [0.15, 0.2) is 4.90 Å². The third kappa shape index (κ3) is 3.03. The molecular weight excluding hydrogens is 258 g/mol. The van der Waals surface area contributed by atoms with Gasteiger partial charge in [-0.05, 0) is 31.0 Å². The molecule has 0 aliphatic carbocycles. The van der Waals surface area contributed by atoms with Gasteiger partial charge in [0.05, 0.1) is 4.92 Å². The number of nitro groups is 1. The third-order valence-corrected chi connectivity index (χ3v) is 3.99. The highest BCUT2D eigenvalue weighted by atomic mass is 32.2. The summed E-state index contributed by atoms with van der Waals surface area (Å²) in [5, 5.41) is 10.9. The van der Waals surface area contributed by atoms with Gasteiger partial charge in [-0.1, -0.05) is 0 Å². The summed E-state index contributed by atoms with van der Waals surface area (Å²) in [5.41, 5.74) is 6.12. The second kappa shape index (κ2) is 5.42. The highest BCUT2D eigenvalue weighted by molar-refractivity contribution is 7.89. The Balaban J connectivity index is 3.39. The van der Waals surface area contributed by atoms with E-state index in [1.165, 1.54) is 12.1 Å². The predicted molar refractivity (Wildman–Crippen MR) is 66.8 cm³/mol. The van der Waals surface area contributed by atoms with E-state index in [-0.39, 0.29) is 18.0 Å². The molecule has 1 aromatic carbocycles. The molecule has 0 radical (unpaired) electrons. The number of hydrogen-bond donors (Lipinski definition) is 2. The lowest BCUT2D eigenvalue weighted by atomic mass is 10.1. The molecule has 0 aliphatic rings. The summed E-state index contributed by atoms with van der Waals surface area (Å²) in [4.78, 5) is 9.86. The molecule has 7 nitrogen and oxygen atoms in total. The lowest BCUT2D eigenvalue weighted by Gasteiger charge is -2.08. The van der Waals surface area contributed by atoms with E-state index in [4.69, 9.17) is 5.73 Å². The minimum absolute atomic E-state index is 0.0341. The van der Waals surface area contributed by atoms with Crippen LogP contribution in [0.1, 0.15) is 11.1 Å². The van der Waals surface area contributed by atoms with Gasteiger partial charge >= 0.3 is 0 Å². The molecule has 0 aliphatic heterocycles. The third-order valence-electron chi connectivity index (χ3n) is 2.50. The number of nitro benzene ring substituents is 1. The van der Waals surface area contributed by atoms with Crippen LogP contribution < -0.4 is 10.5 Å². The largest absolute Gasteiger partial charge is 0.329 e. The normalized spacial score (nSPS) is 11.5. The van der Waals surface area contributed by atoms with Crippen LogP contribution in [0.25, 0.3) is 0 Å². The van der Waals surface area contributed by atoms with Gasteiger partial charge in [-0.25, -0.2) is 13.1 Å². The number of benzene rings is 1. The Morgan fingerprint density at radius 2 is 1.89 bits per heavy atom. The molecule has 0 aromatic heterocycles. The maximum atomic E-state index is 11.9. The monoisotopic (exact) mass is 273 g/mol. The van der Waals surface area contributed by atoms with E-state index < -0.39 is 20.6 Å². The molecule has 0 saturated heterocycles. The first kappa shape index (κ1) is 14.6. The molecule has 0 unspecified atom stereocenters. The van der Waals surface area contributed by atoms with Crippen LogP contribution in [0.15, 0.2) is 17.0 Å². The molecule has 0 atom stereocenters. The van der Waals surface area contributed by atoms with E-state index in [0.29, 0.717) is 11.1 Å². The van der Waals surface area contributed by atoms with Crippen molar-refractivity contribution in [3.63, 3.8) is 0 Å². The van der Waals surface area contributed by atoms with E-state index in [0.717, 1.165) is 0 Å².